The Kier molecular flexibility index (Phi) is 10.0. The summed E-state index contributed by atoms with van der Waals surface area (Å²) in [5.41, 5.74) is 0.162. The molecule has 0 spiro atoms. The molecule has 2 N–H and O–H groups in total. The number of methoxy groups -OCH3 is 1. The maximum absolute atomic E-state index is 13.4. The molecule has 0 saturated heterocycles. The van der Waals surface area contributed by atoms with Crippen molar-refractivity contribution in [3.05, 3.63) is 81.8 Å². The third kappa shape index (κ3) is 6.72. The molecule has 0 atom stereocenters. The smallest absolute Gasteiger partial charge is 0.870 e. The van der Waals surface area contributed by atoms with Gasteiger partial charge in [-0.05, 0) is 53.8 Å². The van der Waals surface area contributed by atoms with E-state index in [4.69, 9.17) is 27.9 Å². The van der Waals surface area contributed by atoms with E-state index in [2.05, 4.69) is 15.5 Å². The molecule has 0 unspecified atom stereocenters. The monoisotopic (exact) mass is 595 g/mol. The van der Waals surface area contributed by atoms with Gasteiger partial charge in [-0.2, -0.15) is 13.5 Å². The first-order valence-electron chi connectivity index (χ1n) is 11.1. The average molecular weight is 596 g/mol. The van der Waals surface area contributed by atoms with Crippen LogP contribution >= 0.6 is 23.2 Å². The predicted molar refractivity (Wildman–Crippen MR) is 144 cm³/mol. The van der Waals surface area contributed by atoms with Crippen LogP contribution in [0.4, 0.5) is 17.1 Å². The molecule has 0 aliphatic heterocycles. The van der Waals surface area contributed by atoms with E-state index < -0.39 is 26.7 Å². The largest absolute Gasteiger partial charge is 1.00 e. The Morgan fingerprint density at radius 1 is 1.05 bits per heavy atom. The second-order valence-corrected chi connectivity index (χ2v) is 10.3. The maximum Gasteiger partial charge on any atom is 1.00 e. The summed E-state index contributed by atoms with van der Waals surface area (Å²) in [6, 6.07) is 15.3. The van der Waals surface area contributed by atoms with Gasteiger partial charge in [0.25, 0.3) is 16.0 Å². The van der Waals surface area contributed by atoms with Crippen molar-refractivity contribution in [2.75, 3.05) is 12.4 Å². The fourth-order valence-electron chi connectivity index (χ4n) is 3.83. The zero-order valence-electron chi connectivity index (χ0n) is 21.0. The van der Waals surface area contributed by atoms with Gasteiger partial charge in [0.2, 0.25) is 0 Å². The van der Waals surface area contributed by atoms with Gasteiger partial charge in [-0.15, -0.1) is 5.11 Å². The Bertz CT molecular complexity index is 1710. The molecule has 9 nitrogen and oxygen atoms in total. The molecule has 4 aromatic carbocycles. The molecular formula is C26H20Cl2N3NaO6S. The number of aryl methyl sites for hydroxylation is 1. The molecule has 1 amide bonds. The molecule has 0 radical (unpaired) electrons. The Morgan fingerprint density at radius 2 is 1.74 bits per heavy atom. The van der Waals surface area contributed by atoms with Crippen LogP contribution in [0.1, 0.15) is 22.8 Å². The minimum atomic E-state index is -4.71. The molecule has 0 fully saturated rings. The second kappa shape index (κ2) is 12.6. The number of hydrogen-bond acceptors (Lipinski definition) is 7. The summed E-state index contributed by atoms with van der Waals surface area (Å²) in [6.45, 7) is 1.74. The van der Waals surface area contributed by atoms with Crippen LogP contribution < -0.4 is 44.7 Å². The van der Waals surface area contributed by atoms with Crippen molar-refractivity contribution in [1.82, 2.24) is 0 Å². The number of carbonyl (C=O) groups is 1. The number of carbonyl (C=O) groups excluding carboxylic acids is 1. The molecule has 0 aliphatic carbocycles. The third-order valence-electron chi connectivity index (χ3n) is 5.66. The summed E-state index contributed by atoms with van der Waals surface area (Å²) < 4.78 is 38.9. The van der Waals surface area contributed by atoms with Crippen molar-refractivity contribution in [1.29, 1.82) is 0 Å². The van der Waals surface area contributed by atoms with E-state index in [0.717, 1.165) is 6.07 Å². The van der Waals surface area contributed by atoms with E-state index in [1.165, 1.54) is 25.3 Å². The first-order valence-corrected chi connectivity index (χ1v) is 13.3. The quantitative estimate of drug-likeness (QED) is 0.189. The van der Waals surface area contributed by atoms with Crippen LogP contribution in [0.2, 0.25) is 10.0 Å². The zero-order chi connectivity index (χ0) is 27.6. The topological polar surface area (TPSA) is 140 Å². The van der Waals surface area contributed by atoms with Gasteiger partial charge in [0, 0.05) is 21.7 Å². The van der Waals surface area contributed by atoms with E-state index in [1.54, 1.807) is 43.3 Å². The number of azo groups is 1. The van der Waals surface area contributed by atoms with Crippen LogP contribution in [0.3, 0.4) is 0 Å². The summed E-state index contributed by atoms with van der Waals surface area (Å²) in [5.74, 6) is -1.02. The first kappa shape index (κ1) is 30.8. The van der Waals surface area contributed by atoms with Gasteiger partial charge in [-0.3, -0.25) is 9.35 Å². The Balaban J connectivity index is 0.00000420. The molecule has 39 heavy (non-hydrogen) atoms. The number of nitrogens with zero attached hydrogens (tertiary/aromatic N) is 2. The molecule has 4 rings (SSSR count). The van der Waals surface area contributed by atoms with Crippen molar-refractivity contribution in [3.63, 3.8) is 0 Å². The minimum Gasteiger partial charge on any atom is -0.870 e. The van der Waals surface area contributed by atoms with Gasteiger partial charge in [0.1, 0.15) is 16.3 Å². The van der Waals surface area contributed by atoms with E-state index >= 15 is 0 Å². The number of benzene rings is 4. The normalized spacial score (nSPS) is 11.4. The molecule has 0 saturated carbocycles. The number of amides is 1. The minimum absolute atomic E-state index is 0. The summed E-state index contributed by atoms with van der Waals surface area (Å²) in [4.78, 5) is 12.6. The van der Waals surface area contributed by atoms with Gasteiger partial charge < -0.3 is 15.2 Å². The van der Waals surface area contributed by atoms with Crippen LogP contribution in [0, 0.1) is 0 Å². The number of rotatable bonds is 7. The Morgan fingerprint density at radius 3 is 2.38 bits per heavy atom. The third-order valence-corrected chi connectivity index (χ3v) is 7.04. The predicted octanol–water partition coefficient (Wildman–Crippen LogP) is 3.71. The summed E-state index contributed by atoms with van der Waals surface area (Å²) in [5, 5.41) is 25.5. The molecule has 0 aliphatic rings. The van der Waals surface area contributed by atoms with Crippen molar-refractivity contribution in [2.45, 2.75) is 18.2 Å². The fraction of sp³-hybridized carbons (Fsp3) is 0.115. The van der Waals surface area contributed by atoms with Crippen LogP contribution in [-0.2, 0) is 16.5 Å². The van der Waals surface area contributed by atoms with Gasteiger partial charge >= 0.3 is 29.6 Å². The van der Waals surface area contributed by atoms with E-state index in [1.807, 2.05) is 0 Å². The molecular weight excluding hydrogens is 576 g/mol. The van der Waals surface area contributed by atoms with Crippen LogP contribution in [0.15, 0.2) is 75.8 Å². The number of ether oxygens (including phenoxy) is 1. The van der Waals surface area contributed by atoms with Gasteiger partial charge in [-0.1, -0.05) is 60.1 Å². The van der Waals surface area contributed by atoms with E-state index in [0.29, 0.717) is 34.2 Å². The second-order valence-electron chi connectivity index (χ2n) is 8.07. The Hall–Kier alpha value is -2.70. The zero-order valence-corrected chi connectivity index (χ0v) is 25.4. The van der Waals surface area contributed by atoms with E-state index in [9.17, 15) is 22.9 Å². The number of hydrogen-bond donors (Lipinski definition) is 2. The van der Waals surface area contributed by atoms with Crippen LogP contribution in [0.25, 0.3) is 10.8 Å². The number of anilines is 1. The maximum atomic E-state index is 13.4. The van der Waals surface area contributed by atoms with Gasteiger partial charge in [-0.25, -0.2) is 0 Å². The molecule has 0 aromatic heterocycles. The molecule has 196 valence electrons. The van der Waals surface area contributed by atoms with Crippen molar-refractivity contribution >= 4 is 67.1 Å². The van der Waals surface area contributed by atoms with Crippen molar-refractivity contribution in [3.8, 4) is 11.5 Å². The molecule has 4 aromatic rings. The number of fused-ring (bicyclic) bond motifs is 1. The number of nitrogens with one attached hydrogen (secondary N) is 1. The molecule has 0 heterocycles. The van der Waals surface area contributed by atoms with Crippen molar-refractivity contribution < 1.29 is 57.2 Å². The Labute approximate surface area is 256 Å². The van der Waals surface area contributed by atoms with E-state index in [-0.39, 0.29) is 56.5 Å². The fourth-order valence-corrected chi connectivity index (χ4v) is 5.08. The summed E-state index contributed by atoms with van der Waals surface area (Å²) >= 11 is 12.2. The molecule has 0 bridgehead atoms. The van der Waals surface area contributed by atoms with Crippen molar-refractivity contribution in [2.24, 2.45) is 10.2 Å². The summed E-state index contributed by atoms with van der Waals surface area (Å²) in [6.07, 6.45) is 0.315. The molecule has 13 heteroatoms. The first-order chi connectivity index (χ1) is 18.0. The average Bonchev–Trinajstić information content (AvgIpc) is 2.87. The summed E-state index contributed by atoms with van der Waals surface area (Å²) in [7, 11) is -3.25. The van der Waals surface area contributed by atoms with Gasteiger partial charge in [0.15, 0.2) is 0 Å². The van der Waals surface area contributed by atoms with Crippen LogP contribution in [0.5, 0.6) is 11.5 Å². The number of halogens is 2. The standard InChI is InChI=1S/C26H21Cl2N3O6S.Na/c1-3-14-10-16(27)12-22(38(34,35)36)23(14)30-31-24-18-7-5-4-6-15(18)11-19(25(24)32)26(33)29-17-8-9-21(37-2)20(28)13-17;/h4-13,32H,3H2,1-2H3,(H,29,33)(H,34,35,36);/q;+1/p-1. The van der Waals surface area contributed by atoms with Gasteiger partial charge in [0.05, 0.1) is 17.8 Å². The SMILES string of the molecule is CCc1cc(Cl)cc(S(=O)(=O)O)c1N=Nc1c([O-])c(C(=O)Nc2ccc(OC)c(Cl)c2)cc2ccccc12.[Na+]. The van der Waals surface area contributed by atoms with Crippen LogP contribution in [-0.4, -0.2) is 26.0 Å².